The minimum Gasteiger partial charge on any atom is -0.310 e. The summed E-state index contributed by atoms with van der Waals surface area (Å²) in [7, 11) is 0. The summed E-state index contributed by atoms with van der Waals surface area (Å²) >= 11 is 11.6. The zero-order valence-electron chi connectivity index (χ0n) is 8.36. The Morgan fingerprint density at radius 2 is 1.56 bits per heavy atom. The van der Waals surface area contributed by atoms with Crippen LogP contribution in [0.4, 0.5) is 0 Å². The summed E-state index contributed by atoms with van der Waals surface area (Å²) in [5, 5.41) is 1.23. The van der Waals surface area contributed by atoms with Gasteiger partial charge in [0.15, 0.2) is 0 Å². The molecule has 16 heavy (non-hydrogen) atoms. The van der Waals surface area contributed by atoms with Crippen LogP contribution in [0.5, 0.6) is 0 Å². The number of hydrogen-bond donors (Lipinski definition) is 0. The molecular weight excluding hydrogens is 245 g/mol. The first-order valence-corrected chi connectivity index (χ1v) is 5.51. The fourth-order valence-corrected chi connectivity index (χ4v) is 1.72. The summed E-state index contributed by atoms with van der Waals surface area (Å²) < 4.78 is 1.56. The predicted molar refractivity (Wildman–Crippen MR) is 66.3 cm³/mol. The van der Waals surface area contributed by atoms with Gasteiger partial charge in [0, 0.05) is 17.3 Å². The molecule has 2 nitrogen and oxygen atoms in total. The van der Waals surface area contributed by atoms with Crippen LogP contribution >= 0.6 is 23.2 Å². The molecule has 82 valence electrons. The molecule has 0 bridgehead atoms. The van der Waals surface area contributed by atoms with Crippen molar-refractivity contribution in [2.75, 3.05) is 0 Å². The number of nitrogens with zero attached hydrogens (tertiary/aromatic N) is 1. The van der Waals surface area contributed by atoms with Crippen molar-refractivity contribution >= 4 is 23.2 Å². The van der Waals surface area contributed by atoms with E-state index in [0.717, 1.165) is 5.56 Å². The Morgan fingerprint density at radius 1 is 0.938 bits per heavy atom. The highest BCUT2D eigenvalue weighted by Crippen LogP contribution is 2.11. The molecule has 0 saturated carbocycles. The Labute approximate surface area is 103 Å². The van der Waals surface area contributed by atoms with Gasteiger partial charge in [0.05, 0.1) is 11.6 Å². The van der Waals surface area contributed by atoms with E-state index in [1.165, 1.54) is 6.07 Å². The normalized spacial score (nSPS) is 10.4. The van der Waals surface area contributed by atoms with Crippen LogP contribution in [-0.2, 0) is 6.54 Å². The lowest BCUT2D eigenvalue weighted by atomic mass is 10.2. The molecule has 0 aliphatic heterocycles. The lowest BCUT2D eigenvalue weighted by Crippen LogP contribution is -2.18. The predicted octanol–water partition coefficient (Wildman–Crippen LogP) is 3.20. The fraction of sp³-hybridized carbons (Fsp3) is 0.0833. The Morgan fingerprint density at radius 3 is 2.25 bits per heavy atom. The van der Waals surface area contributed by atoms with E-state index in [9.17, 15) is 4.79 Å². The van der Waals surface area contributed by atoms with Crippen LogP contribution in [0.3, 0.4) is 0 Å². The highest BCUT2D eigenvalue weighted by Gasteiger charge is 1.99. The average molecular weight is 254 g/mol. The molecule has 2 rings (SSSR count). The molecule has 0 aliphatic rings. The number of benzene rings is 1. The summed E-state index contributed by atoms with van der Waals surface area (Å²) in [4.78, 5) is 11.5. The Hall–Kier alpha value is -1.25. The number of hydrogen-bond acceptors (Lipinski definition) is 1. The van der Waals surface area contributed by atoms with Crippen LogP contribution in [0.15, 0.2) is 47.4 Å². The molecule has 2 aromatic rings. The second-order valence-electron chi connectivity index (χ2n) is 3.44. The van der Waals surface area contributed by atoms with E-state index in [-0.39, 0.29) is 5.56 Å². The first-order valence-electron chi connectivity index (χ1n) is 4.75. The van der Waals surface area contributed by atoms with Crippen molar-refractivity contribution in [2.24, 2.45) is 0 Å². The van der Waals surface area contributed by atoms with Crippen LogP contribution in [-0.4, -0.2) is 4.57 Å². The zero-order valence-corrected chi connectivity index (χ0v) is 9.87. The molecular formula is C12H9Cl2NO. The van der Waals surface area contributed by atoms with Crippen LogP contribution in [0.1, 0.15) is 5.56 Å². The second-order valence-corrected chi connectivity index (χ2v) is 4.31. The van der Waals surface area contributed by atoms with E-state index >= 15 is 0 Å². The minimum absolute atomic E-state index is 0.0700. The molecule has 0 aliphatic carbocycles. The third-order valence-electron chi connectivity index (χ3n) is 2.21. The molecule has 4 heteroatoms. The van der Waals surface area contributed by atoms with Crippen molar-refractivity contribution in [3.63, 3.8) is 0 Å². The zero-order chi connectivity index (χ0) is 11.5. The molecule has 0 amide bonds. The molecule has 0 spiro atoms. The third kappa shape index (κ3) is 2.65. The average Bonchev–Trinajstić information content (AvgIpc) is 2.27. The smallest absolute Gasteiger partial charge is 0.250 e. The summed E-state index contributed by atoms with van der Waals surface area (Å²) in [6, 6.07) is 10.4. The van der Waals surface area contributed by atoms with Crippen molar-refractivity contribution in [1.29, 1.82) is 0 Å². The molecule has 0 saturated heterocycles. The highest BCUT2D eigenvalue weighted by molar-refractivity contribution is 6.30. The summed E-state index contributed by atoms with van der Waals surface area (Å²) in [6.07, 6.45) is 1.62. The quantitative estimate of drug-likeness (QED) is 0.806. The van der Waals surface area contributed by atoms with Gasteiger partial charge in [0.25, 0.3) is 5.56 Å². The van der Waals surface area contributed by atoms with Crippen molar-refractivity contribution in [1.82, 2.24) is 4.57 Å². The van der Waals surface area contributed by atoms with E-state index in [1.807, 2.05) is 12.1 Å². The van der Waals surface area contributed by atoms with E-state index in [2.05, 4.69) is 0 Å². The molecule has 0 radical (unpaired) electrons. The Bertz CT molecular complexity index is 546. The standard InChI is InChI=1S/C12H9Cl2NO/c13-10-3-1-9(2-4-10)7-15-8-11(14)5-6-12(15)16/h1-6,8H,7H2. The van der Waals surface area contributed by atoms with Gasteiger partial charge in [-0.15, -0.1) is 0 Å². The second kappa shape index (κ2) is 4.73. The SMILES string of the molecule is O=c1ccc(Cl)cn1Cc1ccc(Cl)cc1. The maximum absolute atomic E-state index is 11.5. The maximum Gasteiger partial charge on any atom is 0.250 e. The van der Waals surface area contributed by atoms with Gasteiger partial charge in [-0.25, -0.2) is 0 Å². The monoisotopic (exact) mass is 253 g/mol. The number of halogens is 2. The number of aromatic nitrogens is 1. The molecule has 0 N–H and O–H groups in total. The van der Waals surface area contributed by atoms with Crippen LogP contribution in [0.2, 0.25) is 10.0 Å². The molecule has 0 atom stereocenters. The van der Waals surface area contributed by atoms with Crippen molar-refractivity contribution < 1.29 is 0 Å². The Balaban J connectivity index is 2.30. The highest BCUT2D eigenvalue weighted by atomic mass is 35.5. The van der Waals surface area contributed by atoms with Gasteiger partial charge in [-0.2, -0.15) is 0 Å². The van der Waals surface area contributed by atoms with Crippen LogP contribution in [0, 0.1) is 0 Å². The van der Waals surface area contributed by atoms with Gasteiger partial charge in [-0.1, -0.05) is 35.3 Å². The van der Waals surface area contributed by atoms with Crippen LogP contribution < -0.4 is 5.56 Å². The Kier molecular flexibility index (Phi) is 3.32. The molecule has 1 aromatic heterocycles. The van der Waals surface area contributed by atoms with Gasteiger partial charge in [0.2, 0.25) is 0 Å². The third-order valence-corrected chi connectivity index (χ3v) is 2.69. The summed E-state index contributed by atoms with van der Waals surface area (Å²) in [6.45, 7) is 0.497. The van der Waals surface area contributed by atoms with Crippen molar-refractivity contribution in [3.05, 3.63) is 68.6 Å². The molecule has 0 unspecified atom stereocenters. The van der Waals surface area contributed by atoms with Gasteiger partial charge < -0.3 is 4.57 Å². The molecule has 1 aromatic carbocycles. The minimum atomic E-state index is -0.0700. The molecule has 1 heterocycles. The summed E-state index contributed by atoms with van der Waals surface area (Å²) in [5.74, 6) is 0. The van der Waals surface area contributed by atoms with E-state index in [1.54, 1.807) is 29.0 Å². The first kappa shape index (κ1) is 11.2. The largest absolute Gasteiger partial charge is 0.310 e. The van der Waals surface area contributed by atoms with Gasteiger partial charge in [0.1, 0.15) is 0 Å². The van der Waals surface area contributed by atoms with Gasteiger partial charge in [-0.05, 0) is 23.8 Å². The van der Waals surface area contributed by atoms with E-state index < -0.39 is 0 Å². The van der Waals surface area contributed by atoms with Crippen molar-refractivity contribution in [3.8, 4) is 0 Å². The van der Waals surface area contributed by atoms with E-state index in [0.29, 0.717) is 16.6 Å². The summed E-state index contributed by atoms with van der Waals surface area (Å²) in [5.41, 5.74) is 0.938. The molecule has 0 fully saturated rings. The van der Waals surface area contributed by atoms with E-state index in [4.69, 9.17) is 23.2 Å². The van der Waals surface area contributed by atoms with Crippen molar-refractivity contribution in [2.45, 2.75) is 6.54 Å². The maximum atomic E-state index is 11.5. The topological polar surface area (TPSA) is 22.0 Å². The first-order chi connectivity index (χ1) is 7.65. The van der Waals surface area contributed by atoms with Gasteiger partial charge >= 0.3 is 0 Å². The lowest BCUT2D eigenvalue weighted by Gasteiger charge is -2.05. The van der Waals surface area contributed by atoms with Crippen LogP contribution in [0.25, 0.3) is 0 Å². The lowest BCUT2D eigenvalue weighted by molar-refractivity contribution is 0.760. The number of rotatable bonds is 2. The number of pyridine rings is 1. The fourth-order valence-electron chi connectivity index (χ4n) is 1.41. The van der Waals surface area contributed by atoms with Gasteiger partial charge in [-0.3, -0.25) is 4.79 Å².